The Bertz CT molecular complexity index is 888. The molecule has 0 aromatic heterocycles. The van der Waals surface area contributed by atoms with Gasteiger partial charge in [-0.2, -0.15) is 5.10 Å². The molecule has 7 nitrogen and oxygen atoms in total. The lowest BCUT2D eigenvalue weighted by atomic mass is 10.0. The highest BCUT2D eigenvalue weighted by Gasteiger charge is 2.17. The van der Waals surface area contributed by atoms with Crippen LogP contribution in [0.25, 0.3) is 0 Å². The molecule has 2 aromatic rings. The number of hydrogen-bond donors (Lipinski definition) is 2. The molecule has 0 atom stereocenters. The van der Waals surface area contributed by atoms with Crippen LogP contribution in [0.1, 0.15) is 69.4 Å². The molecule has 34 heavy (non-hydrogen) atoms. The van der Waals surface area contributed by atoms with Gasteiger partial charge in [-0.25, -0.2) is 10.2 Å². The molecule has 2 rings (SSSR count). The van der Waals surface area contributed by atoms with E-state index in [9.17, 15) is 14.4 Å². The number of nitrogens with one attached hydrogen (secondary N) is 1. The van der Waals surface area contributed by atoms with Gasteiger partial charge >= 0.3 is 6.03 Å². The molecule has 0 unspecified atom stereocenters. The fourth-order valence-electron chi connectivity index (χ4n) is 3.63. The minimum absolute atomic E-state index is 0.0464. The third-order valence-corrected chi connectivity index (χ3v) is 5.45. The second-order valence-corrected chi connectivity index (χ2v) is 8.40. The average Bonchev–Trinajstić information content (AvgIpc) is 2.84. The lowest BCUT2D eigenvalue weighted by Crippen LogP contribution is -2.31. The molecule has 7 heteroatoms. The van der Waals surface area contributed by atoms with Crippen molar-refractivity contribution in [1.29, 1.82) is 0 Å². The maximum absolute atomic E-state index is 13.2. The van der Waals surface area contributed by atoms with Crippen LogP contribution in [0.15, 0.2) is 65.8 Å². The lowest BCUT2D eigenvalue weighted by Gasteiger charge is -2.23. The predicted molar refractivity (Wildman–Crippen MR) is 135 cm³/mol. The molecule has 0 heterocycles. The van der Waals surface area contributed by atoms with Gasteiger partial charge in [0.1, 0.15) is 5.78 Å². The first kappa shape index (κ1) is 26.8. The number of nitrogens with two attached hydrogens (primary N) is 1. The van der Waals surface area contributed by atoms with Gasteiger partial charge in [0, 0.05) is 38.1 Å². The molecular formula is C27H36N4O3. The van der Waals surface area contributed by atoms with Crippen LogP contribution in [0.2, 0.25) is 0 Å². The molecule has 182 valence electrons. The van der Waals surface area contributed by atoms with E-state index in [4.69, 9.17) is 5.73 Å². The van der Waals surface area contributed by atoms with Crippen molar-refractivity contribution in [3.63, 3.8) is 0 Å². The Kier molecular flexibility index (Phi) is 12.1. The van der Waals surface area contributed by atoms with Gasteiger partial charge in [-0.05, 0) is 24.0 Å². The number of primary amides is 1. The Morgan fingerprint density at radius 2 is 1.41 bits per heavy atom. The van der Waals surface area contributed by atoms with Crippen LogP contribution in [0.3, 0.4) is 0 Å². The molecule has 0 bridgehead atoms. The van der Waals surface area contributed by atoms with Crippen molar-refractivity contribution >= 4 is 23.4 Å². The topological polar surface area (TPSA) is 105 Å². The first-order chi connectivity index (χ1) is 16.5. The van der Waals surface area contributed by atoms with E-state index in [-0.39, 0.29) is 31.0 Å². The number of Topliss-reactive ketones (excluding diaryl/α,β-unsaturated/α-hetero) is 1. The SMILES string of the molecule is CCCCCCC(=O)CC(CCC(=O)N(Cc1ccccc1)Cc1ccccc1)=NNC(N)=O. The van der Waals surface area contributed by atoms with Gasteiger partial charge in [0.2, 0.25) is 5.91 Å². The molecule has 2 aromatic carbocycles. The fourth-order valence-corrected chi connectivity index (χ4v) is 3.63. The second kappa shape index (κ2) is 15.4. The number of ketones is 1. The van der Waals surface area contributed by atoms with Crippen molar-refractivity contribution in [2.24, 2.45) is 10.8 Å². The molecule has 0 aliphatic carbocycles. The van der Waals surface area contributed by atoms with Gasteiger partial charge < -0.3 is 10.6 Å². The number of nitrogens with zero attached hydrogens (tertiary/aromatic N) is 2. The highest BCUT2D eigenvalue weighted by Crippen LogP contribution is 2.14. The maximum atomic E-state index is 13.2. The first-order valence-electron chi connectivity index (χ1n) is 12.0. The quantitative estimate of drug-likeness (QED) is 0.221. The van der Waals surface area contributed by atoms with Crippen LogP contribution in [0.4, 0.5) is 4.79 Å². The highest BCUT2D eigenvalue weighted by molar-refractivity contribution is 6.03. The molecule has 0 saturated carbocycles. The predicted octanol–water partition coefficient (Wildman–Crippen LogP) is 4.95. The van der Waals surface area contributed by atoms with E-state index in [0.29, 0.717) is 25.2 Å². The van der Waals surface area contributed by atoms with E-state index in [2.05, 4.69) is 17.5 Å². The molecule has 0 fully saturated rings. The van der Waals surface area contributed by atoms with E-state index >= 15 is 0 Å². The van der Waals surface area contributed by atoms with Crippen molar-refractivity contribution in [2.75, 3.05) is 0 Å². The minimum Gasteiger partial charge on any atom is -0.350 e. The largest absolute Gasteiger partial charge is 0.350 e. The van der Waals surface area contributed by atoms with E-state index in [1.165, 1.54) is 0 Å². The lowest BCUT2D eigenvalue weighted by molar-refractivity contribution is -0.132. The summed E-state index contributed by atoms with van der Waals surface area (Å²) in [5.74, 6) is 0.00822. The van der Waals surface area contributed by atoms with Crippen LogP contribution >= 0.6 is 0 Å². The first-order valence-corrected chi connectivity index (χ1v) is 12.0. The highest BCUT2D eigenvalue weighted by atomic mass is 16.2. The van der Waals surface area contributed by atoms with Gasteiger partial charge in [-0.3, -0.25) is 9.59 Å². The summed E-state index contributed by atoms with van der Waals surface area (Å²) in [6, 6.07) is 18.9. The van der Waals surface area contributed by atoms with Gasteiger partial charge in [0.25, 0.3) is 0 Å². The molecule has 0 saturated heterocycles. The summed E-state index contributed by atoms with van der Waals surface area (Å²) in [7, 11) is 0. The second-order valence-electron chi connectivity index (χ2n) is 8.40. The number of benzene rings is 2. The molecule has 0 radical (unpaired) electrons. The molecular weight excluding hydrogens is 428 g/mol. The van der Waals surface area contributed by atoms with Crippen LogP contribution in [0, 0.1) is 0 Å². The standard InChI is InChI=1S/C27H36N4O3/c1-2-3-4-11-16-25(32)19-24(29-30-27(28)34)17-18-26(33)31(20-22-12-7-5-8-13-22)21-23-14-9-6-10-15-23/h5-10,12-15H,2-4,11,16-21H2,1H3,(H3,28,30,34). The zero-order valence-corrected chi connectivity index (χ0v) is 20.0. The van der Waals surface area contributed by atoms with E-state index in [0.717, 1.165) is 36.8 Å². The number of unbranched alkanes of at least 4 members (excludes halogenated alkanes) is 3. The third-order valence-electron chi connectivity index (χ3n) is 5.45. The number of rotatable bonds is 15. The van der Waals surface area contributed by atoms with Crippen molar-refractivity contribution in [3.8, 4) is 0 Å². The van der Waals surface area contributed by atoms with Gasteiger partial charge in [-0.15, -0.1) is 0 Å². The van der Waals surface area contributed by atoms with Crippen LogP contribution < -0.4 is 11.2 Å². The van der Waals surface area contributed by atoms with Crippen LogP contribution in [0.5, 0.6) is 0 Å². The molecule has 0 aliphatic rings. The number of carbonyl (C=O) groups is 3. The van der Waals surface area contributed by atoms with Gasteiger partial charge in [0.05, 0.1) is 0 Å². The summed E-state index contributed by atoms with van der Waals surface area (Å²) in [4.78, 5) is 38.5. The summed E-state index contributed by atoms with van der Waals surface area (Å²) in [5, 5.41) is 4.01. The summed E-state index contributed by atoms with van der Waals surface area (Å²) < 4.78 is 0. The van der Waals surface area contributed by atoms with Crippen molar-refractivity contribution in [2.45, 2.75) is 71.4 Å². The van der Waals surface area contributed by atoms with Crippen molar-refractivity contribution < 1.29 is 14.4 Å². The third kappa shape index (κ3) is 10.9. The summed E-state index contributed by atoms with van der Waals surface area (Å²) in [5.41, 5.74) is 9.90. The fraction of sp³-hybridized carbons (Fsp3) is 0.407. The molecule has 3 N–H and O–H groups in total. The van der Waals surface area contributed by atoms with E-state index in [1.807, 2.05) is 60.7 Å². The van der Waals surface area contributed by atoms with Crippen LogP contribution in [-0.2, 0) is 22.7 Å². The Hall–Kier alpha value is -3.48. The molecule has 0 aliphatic heterocycles. The molecule has 0 spiro atoms. The zero-order chi connectivity index (χ0) is 24.6. The Balaban J connectivity index is 2.03. The van der Waals surface area contributed by atoms with Gasteiger partial charge in [-0.1, -0.05) is 86.8 Å². The maximum Gasteiger partial charge on any atom is 0.332 e. The molecule has 3 amide bonds. The van der Waals surface area contributed by atoms with Gasteiger partial charge in [0.15, 0.2) is 0 Å². The van der Waals surface area contributed by atoms with Crippen molar-refractivity contribution in [3.05, 3.63) is 71.8 Å². The number of carbonyl (C=O) groups excluding carboxylic acids is 3. The van der Waals surface area contributed by atoms with Crippen LogP contribution in [-0.4, -0.2) is 28.3 Å². The number of urea groups is 1. The number of hydrogen-bond acceptors (Lipinski definition) is 4. The summed E-state index contributed by atoms with van der Waals surface area (Å²) >= 11 is 0. The Morgan fingerprint density at radius 1 is 0.824 bits per heavy atom. The van der Waals surface area contributed by atoms with Crippen molar-refractivity contribution in [1.82, 2.24) is 10.3 Å². The zero-order valence-electron chi connectivity index (χ0n) is 20.0. The Morgan fingerprint density at radius 3 is 1.94 bits per heavy atom. The average molecular weight is 465 g/mol. The number of amides is 3. The monoisotopic (exact) mass is 464 g/mol. The van der Waals surface area contributed by atoms with E-state index < -0.39 is 6.03 Å². The minimum atomic E-state index is -0.797. The Labute approximate surface area is 202 Å². The smallest absolute Gasteiger partial charge is 0.332 e. The van der Waals surface area contributed by atoms with E-state index in [1.54, 1.807) is 4.90 Å². The summed E-state index contributed by atoms with van der Waals surface area (Å²) in [6.07, 6.45) is 5.10. The normalized spacial score (nSPS) is 11.1. The number of hydrazone groups is 1. The summed E-state index contributed by atoms with van der Waals surface area (Å²) in [6.45, 7) is 3.09.